The second kappa shape index (κ2) is 11.4. The van der Waals surface area contributed by atoms with Crippen LogP contribution in [0.3, 0.4) is 0 Å². The Labute approximate surface area is 244 Å². The van der Waals surface area contributed by atoms with E-state index < -0.39 is 17.5 Å². The highest BCUT2D eigenvalue weighted by molar-refractivity contribution is 5.68. The van der Waals surface area contributed by atoms with Gasteiger partial charge in [0.1, 0.15) is 29.0 Å². The van der Waals surface area contributed by atoms with Crippen LogP contribution in [0.25, 0.3) is 11.6 Å². The second-order valence-corrected chi connectivity index (χ2v) is 12.0. The van der Waals surface area contributed by atoms with Gasteiger partial charge in [-0.3, -0.25) is 0 Å². The molecule has 0 aliphatic heterocycles. The Hall–Kier alpha value is -4.47. The molecule has 2 aromatic heterocycles. The number of rotatable bonds is 8. The summed E-state index contributed by atoms with van der Waals surface area (Å²) >= 11 is 0. The maximum Gasteiger partial charge on any atom is 0.407 e. The van der Waals surface area contributed by atoms with Crippen LogP contribution in [-0.4, -0.2) is 39.0 Å². The van der Waals surface area contributed by atoms with Gasteiger partial charge in [0.15, 0.2) is 11.4 Å². The fourth-order valence-corrected chi connectivity index (χ4v) is 4.68. The van der Waals surface area contributed by atoms with Crippen LogP contribution in [0.4, 0.5) is 9.18 Å². The van der Waals surface area contributed by atoms with Gasteiger partial charge in [-0.1, -0.05) is 38.1 Å². The Bertz CT molecular complexity index is 1540. The van der Waals surface area contributed by atoms with Gasteiger partial charge in [-0.2, -0.15) is 0 Å². The Morgan fingerprint density at radius 3 is 2.14 bits per heavy atom. The van der Waals surface area contributed by atoms with Gasteiger partial charge < -0.3 is 23.9 Å². The van der Waals surface area contributed by atoms with Crippen LogP contribution < -0.4 is 14.8 Å². The monoisotopic (exact) mass is 574 g/mol. The minimum Gasteiger partial charge on any atom is -0.490 e. The van der Waals surface area contributed by atoms with Crippen molar-refractivity contribution in [1.29, 1.82) is 0 Å². The number of ether oxygens (including phenoxy) is 3. The molecule has 1 N–H and O–H groups in total. The molecule has 220 valence electrons. The summed E-state index contributed by atoms with van der Waals surface area (Å²) in [5, 5.41) is 10.7. The van der Waals surface area contributed by atoms with Gasteiger partial charge >= 0.3 is 6.09 Å². The lowest BCUT2D eigenvalue weighted by Crippen LogP contribution is -2.50. The lowest BCUT2D eigenvalue weighted by atomic mass is 9.78. The molecule has 10 heteroatoms. The molecule has 42 heavy (non-hydrogen) atoms. The zero-order valence-corrected chi connectivity index (χ0v) is 24.6. The third-order valence-electron chi connectivity index (χ3n) is 7.05. The molecule has 9 nitrogen and oxygen atoms in total. The van der Waals surface area contributed by atoms with Crippen LogP contribution in [0.1, 0.15) is 64.5 Å². The number of benzene rings is 2. The fourth-order valence-electron chi connectivity index (χ4n) is 4.68. The first kappa shape index (κ1) is 29.0. The molecular weight excluding hydrogens is 539 g/mol. The summed E-state index contributed by atoms with van der Waals surface area (Å²) in [5.41, 5.74) is 1.63. The highest BCUT2D eigenvalue weighted by Crippen LogP contribution is 2.36. The predicted octanol–water partition coefficient (Wildman–Crippen LogP) is 7.13. The number of nitrogens with zero attached hydrogens (tertiary/aromatic N) is 3. The summed E-state index contributed by atoms with van der Waals surface area (Å²) < 4.78 is 36.8. The van der Waals surface area contributed by atoms with Crippen LogP contribution in [-0.2, 0) is 10.2 Å². The van der Waals surface area contributed by atoms with Gasteiger partial charge in [0.05, 0.1) is 6.20 Å². The van der Waals surface area contributed by atoms with Crippen molar-refractivity contribution in [3.8, 4) is 28.8 Å². The largest absolute Gasteiger partial charge is 0.490 e. The number of alkyl carbamates (subject to hydrolysis) is 1. The molecule has 0 atom stereocenters. The Balaban J connectivity index is 1.19. The normalized spacial score (nSPS) is 16.8. The quantitative estimate of drug-likeness (QED) is 0.237. The van der Waals surface area contributed by atoms with Crippen molar-refractivity contribution < 1.29 is 27.8 Å². The zero-order valence-electron chi connectivity index (χ0n) is 24.6. The van der Waals surface area contributed by atoms with E-state index in [4.69, 9.17) is 18.6 Å². The van der Waals surface area contributed by atoms with E-state index in [2.05, 4.69) is 46.5 Å². The number of amides is 1. The van der Waals surface area contributed by atoms with Crippen LogP contribution in [0.2, 0.25) is 0 Å². The number of hydrogen-bond donors (Lipinski definition) is 1. The van der Waals surface area contributed by atoms with E-state index in [1.54, 1.807) is 6.92 Å². The van der Waals surface area contributed by atoms with E-state index in [0.717, 1.165) is 35.9 Å². The maximum absolute atomic E-state index is 14.0. The summed E-state index contributed by atoms with van der Waals surface area (Å²) in [6, 6.07) is 17.0. The van der Waals surface area contributed by atoms with Crippen molar-refractivity contribution in [2.24, 2.45) is 0 Å². The van der Waals surface area contributed by atoms with Gasteiger partial charge in [-0.25, -0.2) is 14.2 Å². The Morgan fingerprint density at radius 2 is 1.57 bits per heavy atom. The van der Waals surface area contributed by atoms with Gasteiger partial charge in [0, 0.05) is 37.3 Å². The minimum atomic E-state index is -0.537. The number of carbonyl (C=O) groups excluding carboxylic acids is 1. The molecule has 0 saturated heterocycles. The smallest absolute Gasteiger partial charge is 0.407 e. The third-order valence-corrected chi connectivity index (χ3v) is 7.05. The lowest BCUT2D eigenvalue weighted by Gasteiger charge is -2.36. The average Bonchev–Trinajstić information content (AvgIpc) is 3.33. The number of halogens is 1. The summed E-state index contributed by atoms with van der Waals surface area (Å²) in [5.74, 6) is 1.47. The summed E-state index contributed by atoms with van der Waals surface area (Å²) in [6.45, 7) is 11.5. The number of aromatic nitrogens is 3. The van der Waals surface area contributed by atoms with Gasteiger partial charge in [0.2, 0.25) is 5.89 Å². The molecule has 0 radical (unpaired) electrons. The van der Waals surface area contributed by atoms with Crippen LogP contribution in [0.5, 0.6) is 17.2 Å². The molecule has 2 heterocycles. The van der Waals surface area contributed by atoms with Gasteiger partial charge in [-0.15, -0.1) is 10.2 Å². The van der Waals surface area contributed by atoms with E-state index in [-0.39, 0.29) is 34.9 Å². The predicted molar refractivity (Wildman–Crippen MR) is 154 cm³/mol. The Morgan fingerprint density at radius 1 is 0.952 bits per heavy atom. The topological polar surface area (TPSA) is 109 Å². The molecule has 1 amide bonds. The van der Waals surface area contributed by atoms with Gasteiger partial charge in [-0.05, 0) is 56.2 Å². The van der Waals surface area contributed by atoms with E-state index in [1.165, 1.54) is 6.07 Å². The first-order valence-corrected chi connectivity index (χ1v) is 13.9. The number of pyridine rings is 1. The first-order chi connectivity index (χ1) is 19.9. The number of carbonyl (C=O) groups is 1. The molecule has 1 saturated carbocycles. The molecular formula is C32H35FN4O5. The van der Waals surface area contributed by atoms with Crippen molar-refractivity contribution in [2.45, 2.75) is 77.5 Å². The maximum atomic E-state index is 14.0. The van der Waals surface area contributed by atoms with Gasteiger partial charge in [0.25, 0.3) is 5.89 Å². The zero-order chi connectivity index (χ0) is 30.1. The van der Waals surface area contributed by atoms with Crippen molar-refractivity contribution in [3.05, 3.63) is 83.6 Å². The lowest BCUT2D eigenvalue weighted by molar-refractivity contribution is 0.0363. The molecule has 0 spiro atoms. The number of aryl methyl sites for hydroxylation is 1. The second-order valence-electron chi connectivity index (χ2n) is 12.0. The van der Waals surface area contributed by atoms with E-state index in [0.29, 0.717) is 11.6 Å². The van der Waals surface area contributed by atoms with E-state index in [9.17, 15) is 9.18 Å². The minimum absolute atomic E-state index is 0.0500. The molecule has 1 aliphatic rings. The Kier molecular flexibility index (Phi) is 7.90. The average molecular weight is 575 g/mol. The summed E-state index contributed by atoms with van der Waals surface area (Å²) in [4.78, 5) is 16.0. The first-order valence-electron chi connectivity index (χ1n) is 13.9. The standard InChI is InChI=1S/C32H35FN4O5/c1-19-36-37-29(39-19)28-27(15-22(33)18-34-28)41-25-13-9-21(10-14-25)32(5,6)20-7-11-24(12-8-20)40-26-16-23(17-26)35-30(38)42-31(2,3)4/h7-15,18,23,26H,16-17H2,1-6H3,(H,35,38). The highest BCUT2D eigenvalue weighted by atomic mass is 19.1. The number of hydrogen-bond acceptors (Lipinski definition) is 8. The molecule has 0 bridgehead atoms. The summed E-state index contributed by atoms with van der Waals surface area (Å²) in [7, 11) is 0. The SMILES string of the molecule is Cc1nnc(-c2ncc(F)cc2Oc2ccc(C(C)(C)c3ccc(OC4CC(NC(=O)OC(C)(C)C)C4)cc3)cc2)o1. The molecule has 4 aromatic rings. The molecule has 1 aliphatic carbocycles. The highest BCUT2D eigenvalue weighted by Gasteiger charge is 2.33. The fraction of sp³-hybridized carbons (Fsp3) is 0.375. The molecule has 5 rings (SSSR count). The van der Waals surface area contributed by atoms with Crippen LogP contribution >= 0.6 is 0 Å². The van der Waals surface area contributed by atoms with Crippen molar-refractivity contribution in [1.82, 2.24) is 20.5 Å². The van der Waals surface area contributed by atoms with E-state index in [1.807, 2.05) is 57.2 Å². The molecule has 2 aromatic carbocycles. The molecule has 0 unspecified atom stereocenters. The van der Waals surface area contributed by atoms with Crippen LogP contribution in [0.15, 0.2) is 65.2 Å². The van der Waals surface area contributed by atoms with Crippen molar-refractivity contribution in [3.63, 3.8) is 0 Å². The summed E-state index contributed by atoms with van der Waals surface area (Å²) in [6.07, 6.45) is 2.21. The van der Waals surface area contributed by atoms with Crippen molar-refractivity contribution >= 4 is 6.09 Å². The van der Waals surface area contributed by atoms with Crippen LogP contribution in [0, 0.1) is 12.7 Å². The van der Waals surface area contributed by atoms with Crippen molar-refractivity contribution in [2.75, 3.05) is 0 Å². The third kappa shape index (κ3) is 6.87. The van der Waals surface area contributed by atoms with E-state index >= 15 is 0 Å². The molecule has 1 fully saturated rings. The number of nitrogens with one attached hydrogen (secondary N) is 1.